The number of rotatable bonds is 4. The quantitative estimate of drug-likeness (QED) is 0.343. The van der Waals surface area contributed by atoms with Crippen LogP contribution in [0.5, 0.6) is 5.75 Å². The van der Waals surface area contributed by atoms with Crippen LogP contribution in [0.4, 0.5) is 0 Å². The standard InChI is InChI=1S/C11H16N2O2/c1-3-7-15-10-8(2)5-4-6-9(10)11(12)13-14/h4-6,14H,3,7H2,1-2H3,(H2,12,13). The molecule has 0 aliphatic rings. The summed E-state index contributed by atoms with van der Waals surface area (Å²) in [6.45, 7) is 4.58. The van der Waals surface area contributed by atoms with Gasteiger partial charge in [0.15, 0.2) is 5.84 Å². The van der Waals surface area contributed by atoms with E-state index in [-0.39, 0.29) is 5.84 Å². The molecule has 82 valence electrons. The van der Waals surface area contributed by atoms with E-state index in [1.54, 1.807) is 6.07 Å². The van der Waals surface area contributed by atoms with E-state index in [2.05, 4.69) is 5.16 Å². The van der Waals surface area contributed by atoms with Crippen LogP contribution in [0.3, 0.4) is 0 Å². The van der Waals surface area contributed by atoms with E-state index >= 15 is 0 Å². The smallest absolute Gasteiger partial charge is 0.173 e. The Hall–Kier alpha value is -1.71. The van der Waals surface area contributed by atoms with Crippen LogP contribution in [0.25, 0.3) is 0 Å². The van der Waals surface area contributed by atoms with Crippen LogP contribution in [0, 0.1) is 6.92 Å². The van der Waals surface area contributed by atoms with Crippen molar-refractivity contribution >= 4 is 5.84 Å². The van der Waals surface area contributed by atoms with Gasteiger partial charge in [-0.3, -0.25) is 0 Å². The molecule has 0 saturated carbocycles. The van der Waals surface area contributed by atoms with Gasteiger partial charge in [-0.15, -0.1) is 0 Å². The monoisotopic (exact) mass is 208 g/mol. The Morgan fingerprint density at radius 3 is 2.87 bits per heavy atom. The van der Waals surface area contributed by atoms with Gasteiger partial charge in [0.1, 0.15) is 5.75 Å². The van der Waals surface area contributed by atoms with E-state index in [1.807, 2.05) is 26.0 Å². The Bertz CT molecular complexity index is 362. The average molecular weight is 208 g/mol. The normalized spacial score (nSPS) is 11.5. The number of oxime groups is 1. The van der Waals surface area contributed by atoms with Crippen LogP contribution in [0.15, 0.2) is 23.4 Å². The van der Waals surface area contributed by atoms with Crippen molar-refractivity contribution in [3.63, 3.8) is 0 Å². The summed E-state index contributed by atoms with van der Waals surface area (Å²) < 4.78 is 5.57. The highest BCUT2D eigenvalue weighted by Gasteiger charge is 2.10. The Morgan fingerprint density at radius 2 is 2.27 bits per heavy atom. The molecule has 0 unspecified atom stereocenters. The van der Waals surface area contributed by atoms with Crippen LogP contribution in [-0.2, 0) is 0 Å². The zero-order valence-electron chi connectivity index (χ0n) is 9.03. The van der Waals surface area contributed by atoms with E-state index in [9.17, 15) is 0 Å². The van der Waals surface area contributed by atoms with Gasteiger partial charge < -0.3 is 15.7 Å². The molecule has 1 aromatic rings. The maximum atomic E-state index is 8.64. The van der Waals surface area contributed by atoms with Crippen molar-refractivity contribution in [1.29, 1.82) is 0 Å². The number of hydrogen-bond donors (Lipinski definition) is 2. The minimum Gasteiger partial charge on any atom is -0.493 e. The first kappa shape index (κ1) is 11.4. The molecule has 0 bridgehead atoms. The summed E-state index contributed by atoms with van der Waals surface area (Å²) in [7, 11) is 0. The number of aryl methyl sites for hydroxylation is 1. The van der Waals surface area contributed by atoms with E-state index in [1.165, 1.54) is 0 Å². The molecule has 1 aromatic carbocycles. The molecular formula is C11H16N2O2. The fraction of sp³-hybridized carbons (Fsp3) is 0.364. The molecule has 3 N–H and O–H groups in total. The molecule has 0 aliphatic heterocycles. The number of amidine groups is 1. The summed E-state index contributed by atoms with van der Waals surface area (Å²) in [6, 6.07) is 5.55. The molecule has 0 aliphatic carbocycles. The average Bonchev–Trinajstić information content (AvgIpc) is 2.26. The van der Waals surface area contributed by atoms with Gasteiger partial charge in [-0.05, 0) is 25.0 Å². The topological polar surface area (TPSA) is 67.8 Å². The molecule has 4 heteroatoms. The molecule has 0 heterocycles. The summed E-state index contributed by atoms with van der Waals surface area (Å²) >= 11 is 0. The van der Waals surface area contributed by atoms with Gasteiger partial charge in [-0.1, -0.05) is 24.2 Å². The second kappa shape index (κ2) is 5.24. The van der Waals surface area contributed by atoms with Gasteiger partial charge in [0.2, 0.25) is 0 Å². The molecule has 0 atom stereocenters. The highest BCUT2D eigenvalue weighted by Crippen LogP contribution is 2.23. The molecule has 0 spiro atoms. The van der Waals surface area contributed by atoms with Crippen molar-refractivity contribution in [2.24, 2.45) is 10.9 Å². The fourth-order valence-corrected chi connectivity index (χ4v) is 1.30. The second-order valence-electron chi connectivity index (χ2n) is 3.29. The van der Waals surface area contributed by atoms with Crippen molar-refractivity contribution < 1.29 is 9.94 Å². The van der Waals surface area contributed by atoms with Crippen molar-refractivity contribution in [1.82, 2.24) is 0 Å². The first-order valence-corrected chi connectivity index (χ1v) is 4.91. The third kappa shape index (κ3) is 2.62. The highest BCUT2D eigenvalue weighted by molar-refractivity contribution is 5.99. The first-order valence-electron chi connectivity index (χ1n) is 4.91. The van der Waals surface area contributed by atoms with Gasteiger partial charge in [0, 0.05) is 0 Å². The Morgan fingerprint density at radius 1 is 1.53 bits per heavy atom. The van der Waals surface area contributed by atoms with Gasteiger partial charge in [-0.25, -0.2) is 0 Å². The van der Waals surface area contributed by atoms with E-state index in [0.29, 0.717) is 17.9 Å². The Kier molecular flexibility index (Phi) is 3.97. The lowest BCUT2D eigenvalue weighted by atomic mass is 10.1. The minimum absolute atomic E-state index is 0.0739. The van der Waals surface area contributed by atoms with Crippen LogP contribution in [0.1, 0.15) is 24.5 Å². The number of benzene rings is 1. The molecule has 0 aromatic heterocycles. The molecule has 0 amide bonds. The Labute approximate surface area is 89.4 Å². The molecule has 0 fully saturated rings. The van der Waals surface area contributed by atoms with Crippen LogP contribution in [0.2, 0.25) is 0 Å². The van der Waals surface area contributed by atoms with E-state index in [0.717, 1.165) is 12.0 Å². The zero-order valence-corrected chi connectivity index (χ0v) is 9.03. The largest absolute Gasteiger partial charge is 0.493 e. The number of ether oxygens (including phenoxy) is 1. The molecular weight excluding hydrogens is 192 g/mol. The second-order valence-corrected chi connectivity index (χ2v) is 3.29. The molecule has 0 saturated heterocycles. The SMILES string of the molecule is CCCOc1c(C)cccc1/C(N)=N/O. The van der Waals surface area contributed by atoms with Crippen molar-refractivity contribution in [3.8, 4) is 5.75 Å². The van der Waals surface area contributed by atoms with Crippen LogP contribution >= 0.6 is 0 Å². The number of nitrogens with two attached hydrogens (primary N) is 1. The summed E-state index contributed by atoms with van der Waals surface area (Å²) in [5, 5.41) is 11.6. The maximum Gasteiger partial charge on any atom is 0.173 e. The number of para-hydroxylation sites is 1. The van der Waals surface area contributed by atoms with Crippen molar-refractivity contribution in [2.75, 3.05) is 6.61 Å². The molecule has 15 heavy (non-hydrogen) atoms. The first-order chi connectivity index (χ1) is 7.20. The molecule has 1 rings (SSSR count). The van der Waals surface area contributed by atoms with Gasteiger partial charge in [0.05, 0.1) is 12.2 Å². The Balaban J connectivity index is 3.08. The molecule has 4 nitrogen and oxygen atoms in total. The fourth-order valence-electron chi connectivity index (χ4n) is 1.30. The number of hydrogen-bond acceptors (Lipinski definition) is 3. The zero-order chi connectivity index (χ0) is 11.3. The van der Waals surface area contributed by atoms with Crippen LogP contribution in [-0.4, -0.2) is 17.6 Å². The third-order valence-electron chi connectivity index (χ3n) is 2.05. The lowest BCUT2D eigenvalue weighted by Gasteiger charge is -2.12. The summed E-state index contributed by atoms with van der Waals surface area (Å²) in [4.78, 5) is 0. The van der Waals surface area contributed by atoms with E-state index < -0.39 is 0 Å². The summed E-state index contributed by atoms with van der Waals surface area (Å²) in [6.07, 6.45) is 0.921. The lowest BCUT2D eigenvalue weighted by molar-refractivity contribution is 0.310. The number of nitrogens with zero attached hydrogens (tertiary/aromatic N) is 1. The van der Waals surface area contributed by atoms with Gasteiger partial charge >= 0.3 is 0 Å². The minimum atomic E-state index is 0.0739. The highest BCUT2D eigenvalue weighted by atomic mass is 16.5. The van der Waals surface area contributed by atoms with Crippen LogP contribution < -0.4 is 10.5 Å². The van der Waals surface area contributed by atoms with Crippen molar-refractivity contribution in [2.45, 2.75) is 20.3 Å². The third-order valence-corrected chi connectivity index (χ3v) is 2.05. The predicted molar refractivity (Wildman–Crippen MR) is 59.5 cm³/mol. The molecule has 0 radical (unpaired) electrons. The van der Waals surface area contributed by atoms with Crippen molar-refractivity contribution in [3.05, 3.63) is 29.3 Å². The summed E-state index contributed by atoms with van der Waals surface area (Å²) in [5.74, 6) is 0.763. The maximum absolute atomic E-state index is 8.64. The van der Waals surface area contributed by atoms with E-state index in [4.69, 9.17) is 15.7 Å². The lowest BCUT2D eigenvalue weighted by Crippen LogP contribution is -2.15. The van der Waals surface area contributed by atoms with Gasteiger partial charge in [0.25, 0.3) is 0 Å². The predicted octanol–water partition coefficient (Wildman–Crippen LogP) is 1.88. The van der Waals surface area contributed by atoms with Gasteiger partial charge in [-0.2, -0.15) is 0 Å². The summed E-state index contributed by atoms with van der Waals surface area (Å²) in [5.41, 5.74) is 7.17.